The van der Waals surface area contributed by atoms with Gasteiger partial charge in [0.1, 0.15) is 17.3 Å². The van der Waals surface area contributed by atoms with Crippen molar-refractivity contribution >= 4 is 23.0 Å². The Morgan fingerprint density at radius 1 is 1.00 bits per heavy atom. The molecule has 0 unspecified atom stereocenters. The maximum atomic E-state index is 13.3. The van der Waals surface area contributed by atoms with Crippen LogP contribution in [-0.2, 0) is 0 Å². The maximum Gasteiger partial charge on any atom is 0.257 e. The van der Waals surface area contributed by atoms with E-state index in [1.807, 2.05) is 0 Å². The average Bonchev–Trinajstić information content (AvgIpc) is 2.68. The number of rotatable bonds is 6. The maximum absolute atomic E-state index is 13.3. The van der Waals surface area contributed by atoms with Crippen LogP contribution in [0.3, 0.4) is 0 Å². The highest BCUT2D eigenvalue weighted by molar-refractivity contribution is 6.04. The molecule has 27 heavy (non-hydrogen) atoms. The van der Waals surface area contributed by atoms with Gasteiger partial charge in [0, 0.05) is 18.0 Å². The van der Waals surface area contributed by atoms with Gasteiger partial charge < -0.3 is 20.1 Å². The molecular weight excluding hydrogens is 349 g/mol. The van der Waals surface area contributed by atoms with E-state index >= 15 is 0 Å². The SMILES string of the molecule is COc1ccc(Nc2cncc(C(=O)Nc3cccc(F)c3)c2)c(OC)c1. The zero-order valence-electron chi connectivity index (χ0n) is 14.8. The molecule has 7 heteroatoms. The Kier molecular flexibility index (Phi) is 5.51. The molecule has 3 aromatic rings. The summed E-state index contributed by atoms with van der Waals surface area (Å²) in [5.41, 5.74) is 2.00. The monoisotopic (exact) mass is 367 g/mol. The Balaban J connectivity index is 1.78. The summed E-state index contributed by atoms with van der Waals surface area (Å²) in [5, 5.41) is 5.80. The molecule has 0 aliphatic carbocycles. The van der Waals surface area contributed by atoms with Crippen LogP contribution in [0.4, 0.5) is 21.5 Å². The van der Waals surface area contributed by atoms with E-state index in [0.29, 0.717) is 34.1 Å². The number of pyridine rings is 1. The smallest absolute Gasteiger partial charge is 0.257 e. The van der Waals surface area contributed by atoms with Gasteiger partial charge in [-0.05, 0) is 36.4 Å². The summed E-state index contributed by atoms with van der Waals surface area (Å²) in [6.45, 7) is 0. The van der Waals surface area contributed by atoms with Crippen molar-refractivity contribution in [2.75, 3.05) is 24.9 Å². The number of halogens is 1. The van der Waals surface area contributed by atoms with E-state index in [-0.39, 0.29) is 0 Å². The largest absolute Gasteiger partial charge is 0.497 e. The van der Waals surface area contributed by atoms with Crippen LogP contribution in [0.1, 0.15) is 10.4 Å². The Morgan fingerprint density at radius 2 is 1.85 bits per heavy atom. The predicted molar refractivity (Wildman–Crippen MR) is 101 cm³/mol. The van der Waals surface area contributed by atoms with Crippen LogP contribution in [0.2, 0.25) is 0 Å². The van der Waals surface area contributed by atoms with Crippen molar-refractivity contribution in [1.82, 2.24) is 4.98 Å². The summed E-state index contributed by atoms with van der Waals surface area (Å²) in [6, 6.07) is 12.7. The highest BCUT2D eigenvalue weighted by Crippen LogP contribution is 2.31. The number of carbonyl (C=O) groups excluding carboxylic acids is 1. The molecule has 2 N–H and O–H groups in total. The van der Waals surface area contributed by atoms with Crippen LogP contribution in [0.15, 0.2) is 60.9 Å². The molecule has 0 spiro atoms. The van der Waals surface area contributed by atoms with Crippen LogP contribution in [0, 0.1) is 5.82 Å². The molecule has 0 fully saturated rings. The second-order valence-electron chi connectivity index (χ2n) is 5.62. The fraction of sp³-hybridized carbons (Fsp3) is 0.100. The second-order valence-corrected chi connectivity index (χ2v) is 5.62. The molecule has 0 radical (unpaired) electrons. The number of nitrogens with zero attached hydrogens (tertiary/aromatic N) is 1. The van der Waals surface area contributed by atoms with Gasteiger partial charge in [0.05, 0.1) is 37.4 Å². The van der Waals surface area contributed by atoms with Gasteiger partial charge in [-0.3, -0.25) is 9.78 Å². The lowest BCUT2D eigenvalue weighted by atomic mass is 10.2. The van der Waals surface area contributed by atoms with E-state index < -0.39 is 11.7 Å². The predicted octanol–water partition coefficient (Wildman–Crippen LogP) is 4.23. The van der Waals surface area contributed by atoms with Crippen molar-refractivity contribution in [2.24, 2.45) is 0 Å². The zero-order valence-corrected chi connectivity index (χ0v) is 14.8. The average molecular weight is 367 g/mol. The number of anilines is 3. The third kappa shape index (κ3) is 4.52. The van der Waals surface area contributed by atoms with Crippen molar-refractivity contribution in [3.63, 3.8) is 0 Å². The molecule has 0 aliphatic heterocycles. The number of methoxy groups -OCH3 is 2. The van der Waals surface area contributed by atoms with Gasteiger partial charge in [0.15, 0.2) is 0 Å². The second kappa shape index (κ2) is 8.18. The van der Waals surface area contributed by atoms with E-state index in [9.17, 15) is 9.18 Å². The van der Waals surface area contributed by atoms with Crippen LogP contribution in [-0.4, -0.2) is 25.1 Å². The lowest BCUT2D eigenvalue weighted by Crippen LogP contribution is -2.12. The van der Waals surface area contributed by atoms with Crippen LogP contribution in [0.25, 0.3) is 0 Å². The first-order valence-corrected chi connectivity index (χ1v) is 8.10. The first-order valence-electron chi connectivity index (χ1n) is 8.10. The number of amides is 1. The number of benzene rings is 2. The van der Waals surface area contributed by atoms with E-state index in [2.05, 4.69) is 15.6 Å². The third-order valence-electron chi connectivity index (χ3n) is 3.77. The first kappa shape index (κ1) is 18.2. The molecule has 1 aromatic heterocycles. The van der Waals surface area contributed by atoms with Gasteiger partial charge in [-0.25, -0.2) is 4.39 Å². The van der Waals surface area contributed by atoms with E-state index in [1.54, 1.807) is 50.7 Å². The van der Waals surface area contributed by atoms with Crippen molar-refractivity contribution in [3.8, 4) is 11.5 Å². The minimum Gasteiger partial charge on any atom is -0.497 e. The summed E-state index contributed by atoms with van der Waals surface area (Å²) in [4.78, 5) is 16.5. The molecule has 0 atom stereocenters. The quantitative estimate of drug-likeness (QED) is 0.682. The summed E-state index contributed by atoms with van der Waals surface area (Å²) < 4.78 is 23.8. The molecule has 138 valence electrons. The molecule has 1 heterocycles. The van der Waals surface area contributed by atoms with Gasteiger partial charge in [0.2, 0.25) is 0 Å². The number of aromatic nitrogens is 1. The van der Waals surface area contributed by atoms with Crippen molar-refractivity contribution in [1.29, 1.82) is 0 Å². The number of ether oxygens (including phenoxy) is 2. The summed E-state index contributed by atoms with van der Waals surface area (Å²) >= 11 is 0. The Labute approximate surface area is 156 Å². The fourth-order valence-corrected chi connectivity index (χ4v) is 2.46. The van der Waals surface area contributed by atoms with Crippen molar-refractivity contribution in [2.45, 2.75) is 0 Å². The zero-order chi connectivity index (χ0) is 19.2. The Bertz CT molecular complexity index is 963. The van der Waals surface area contributed by atoms with Gasteiger partial charge in [-0.2, -0.15) is 0 Å². The number of carbonyl (C=O) groups is 1. The lowest BCUT2D eigenvalue weighted by molar-refractivity contribution is 0.102. The first-order chi connectivity index (χ1) is 13.1. The molecule has 3 rings (SSSR count). The van der Waals surface area contributed by atoms with Crippen LogP contribution in [0.5, 0.6) is 11.5 Å². The topological polar surface area (TPSA) is 72.5 Å². The van der Waals surface area contributed by atoms with Crippen LogP contribution < -0.4 is 20.1 Å². The van der Waals surface area contributed by atoms with Crippen LogP contribution >= 0.6 is 0 Å². The number of nitrogens with one attached hydrogen (secondary N) is 2. The molecular formula is C20H18FN3O3. The summed E-state index contributed by atoms with van der Waals surface area (Å²) in [7, 11) is 3.13. The van der Waals surface area contributed by atoms with Gasteiger partial charge in [0.25, 0.3) is 5.91 Å². The van der Waals surface area contributed by atoms with E-state index in [4.69, 9.17) is 9.47 Å². The fourth-order valence-electron chi connectivity index (χ4n) is 2.46. The van der Waals surface area contributed by atoms with Crippen molar-refractivity contribution < 1.29 is 18.7 Å². The summed E-state index contributed by atoms with van der Waals surface area (Å²) in [6.07, 6.45) is 3.02. The minimum atomic E-state index is -0.423. The Morgan fingerprint density at radius 3 is 2.59 bits per heavy atom. The number of hydrogen-bond donors (Lipinski definition) is 2. The number of hydrogen-bond acceptors (Lipinski definition) is 5. The normalized spacial score (nSPS) is 10.2. The molecule has 0 aliphatic rings. The van der Waals surface area contributed by atoms with Gasteiger partial charge >= 0.3 is 0 Å². The molecule has 0 saturated carbocycles. The highest BCUT2D eigenvalue weighted by Gasteiger charge is 2.10. The molecule has 1 amide bonds. The highest BCUT2D eigenvalue weighted by atomic mass is 19.1. The third-order valence-corrected chi connectivity index (χ3v) is 3.77. The van der Waals surface area contributed by atoms with E-state index in [0.717, 1.165) is 0 Å². The lowest BCUT2D eigenvalue weighted by Gasteiger charge is -2.13. The standard InChI is InChI=1S/C20H18FN3O3/c1-26-17-6-7-18(19(10-17)27-2)23-16-8-13(11-22-12-16)20(25)24-15-5-3-4-14(21)9-15/h3-12,23H,1-2H3,(H,24,25). The van der Waals surface area contributed by atoms with Gasteiger partial charge in [-0.15, -0.1) is 0 Å². The molecule has 2 aromatic carbocycles. The van der Waals surface area contributed by atoms with Crippen molar-refractivity contribution in [3.05, 3.63) is 72.3 Å². The molecule has 6 nitrogen and oxygen atoms in total. The summed E-state index contributed by atoms with van der Waals surface area (Å²) in [5.74, 6) is 0.439. The van der Waals surface area contributed by atoms with E-state index in [1.165, 1.54) is 24.4 Å². The molecule has 0 saturated heterocycles. The Hall–Kier alpha value is -3.61. The van der Waals surface area contributed by atoms with Gasteiger partial charge in [-0.1, -0.05) is 6.07 Å². The minimum absolute atomic E-state index is 0.330. The molecule has 0 bridgehead atoms.